The zero-order chi connectivity index (χ0) is 13.5. The van der Waals surface area contributed by atoms with E-state index in [9.17, 15) is 8.78 Å². The zero-order valence-electron chi connectivity index (χ0n) is 11.3. The number of rotatable bonds is 1. The lowest BCUT2D eigenvalue weighted by atomic mass is 9.67. The van der Waals surface area contributed by atoms with Crippen molar-refractivity contribution in [3.05, 3.63) is 34.9 Å². The van der Waals surface area contributed by atoms with Crippen LogP contribution in [0.4, 0.5) is 8.78 Å². The smallest absolute Gasteiger partial charge is 0.134 e. The molecule has 1 nitrogen and oxygen atoms in total. The third kappa shape index (κ3) is 2.05. The predicted octanol–water partition coefficient (Wildman–Crippen LogP) is 3.88. The quantitative estimate of drug-likeness (QED) is 0.807. The normalized spacial score (nSPS) is 32.6. The third-order valence-corrected chi connectivity index (χ3v) is 4.44. The van der Waals surface area contributed by atoms with Crippen molar-refractivity contribution in [1.82, 2.24) is 0 Å². The number of hydrogen-bond acceptors (Lipinski definition) is 1. The minimum absolute atomic E-state index is 0.0851. The second-order valence-electron chi connectivity index (χ2n) is 5.87. The molecular formula is C15H21F2N. The van der Waals surface area contributed by atoms with Gasteiger partial charge in [-0.1, -0.05) is 19.9 Å². The summed E-state index contributed by atoms with van der Waals surface area (Å²) in [6, 6.07) is 2.79. The SMILES string of the molecule is Cc1ccc(F)c(C2(N)CCC(C)CC2C)c1F. The molecule has 3 atom stereocenters. The highest BCUT2D eigenvalue weighted by molar-refractivity contribution is 5.33. The average Bonchev–Trinajstić information content (AvgIpc) is 2.30. The van der Waals surface area contributed by atoms with Gasteiger partial charge in [0.2, 0.25) is 0 Å². The molecule has 2 N–H and O–H groups in total. The van der Waals surface area contributed by atoms with Gasteiger partial charge in [-0.25, -0.2) is 8.78 Å². The summed E-state index contributed by atoms with van der Waals surface area (Å²) in [4.78, 5) is 0. The monoisotopic (exact) mass is 253 g/mol. The fourth-order valence-electron chi connectivity index (χ4n) is 3.12. The van der Waals surface area contributed by atoms with E-state index in [0.29, 0.717) is 17.9 Å². The van der Waals surface area contributed by atoms with Crippen molar-refractivity contribution < 1.29 is 8.78 Å². The van der Waals surface area contributed by atoms with Gasteiger partial charge in [-0.05, 0) is 49.7 Å². The molecule has 0 heterocycles. The number of benzene rings is 1. The summed E-state index contributed by atoms with van der Waals surface area (Å²) in [5.41, 5.74) is 6.05. The van der Waals surface area contributed by atoms with Crippen LogP contribution in [0.3, 0.4) is 0 Å². The Morgan fingerprint density at radius 3 is 2.56 bits per heavy atom. The van der Waals surface area contributed by atoms with Gasteiger partial charge in [-0.15, -0.1) is 0 Å². The third-order valence-electron chi connectivity index (χ3n) is 4.44. The molecule has 1 fully saturated rings. The van der Waals surface area contributed by atoms with E-state index in [4.69, 9.17) is 5.73 Å². The lowest BCUT2D eigenvalue weighted by Crippen LogP contribution is -2.48. The molecule has 1 aromatic rings. The standard InChI is InChI=1S/C15H21F2N/c1-9-6-7-15(18,11(3)8-9)13-12(16)5-4-10(2)14(13)17/h4-5,9,11H,6-8,18H2,1-3H3. The Kier molecular flexibility index (Phi) is 3.45. The highest BCUT2D eigenvalue weighted by Crippen LogP contribution is 2.43. The molecular weight excluding hydrogens is 232 g/mol. The average molecular weight is 253 g/mol. The molecule has 100 valence electrons. The van der Waals surface area contributed by atoms with Crippen molar-refractivity contribution in [2.24, 2.45) is 17.6 Å². The Hall–Kier alpha value is -0.960. The van der Waals surface area contributed by atoms with E-state index < -0.39 is 17.2 Å². The highest BCUT2D eigenvalue weighted by Gasteiger charge is 2.42. The van der Waals surface area contributed by atoms with E-state index in [1.807, 2.05) is 6.92 Å². The number of aryl methyl sites for hydroxylation is 1. The Morgan fingerprint density at radius 1 is 1.28 bits per heavy atom. The van der Waals surface area contributed by atoms with Gasteiger partial charge >= 0.3 is 0 Å². The van der Waals surface area contributed by atoms with E-state index in [-0.39, 0.29) is 11.5 Å². The maximum absolute atomic E-state index is 14.2. The minimum atomic E-state index is -0.868. The lowest BCUT2D eigenvalue weighted by Gasteiger charge is -2.42. The van der Waals surface area contributed by atoms with Crippen molar-refractivity contribution in [2.75, 3.05) is 0 Å². The first-order valence-corrected chi connectivity index (χ1v) is 6.60. The van der Waals surface area contributed by atoms with Crippen LogP contribution in [0.15, 0.2) is 12.1 Å². The molecule has 1 aromatic carbocycles. The first-order valence-electron chi connectivity index (χ1n) is 6.60. The van der Waals surface area contributed by atoms with Crippen LogP contribution in [-0.2, 0) is 5.54 Å². The Bertz CT molecular complexity index is 458. The van der Waals surface area contributed by atoms with Crippen LogP contribution < -0.4 is 5.73 Å². The van der Waals surface area contributed by atoms with Crippen LogP contribution in [0.2, 0.25) is 0 Å². The summed E-state index contributed by atoms with van der Waals surface area (Å²) < 4.78 is 28.3. The van der Waals surface area contributed by atoms with Gasteiger partial charge in [0, 0.05) is 11.1 Å². The topological polar surface area (TPSA) is 26.0 Å². The van der Waals surface area contributed by atoms with Gasteiger partial charge in [-0.2, -0.15) is 0 Å². The summed E-state index contributed by atoms with van der Waals surface area (Å²) in [6.07, 6.45) is 2.49. The Labute approximate surface area is 107 Å². The molecule has 3 unspecified atom stereocenters. The maximum atomic E-state index is 14.2. The van der Waals surface area contributed by atoms with Crippen molar-refractivity contribution in [3.63, 3.8) is 0 Å². The molecule has 0 radical (unpaired) electrons. The van der Waals surface area contributed by atoms with Crippen molar-refractivity contribution in [2.45, 2.75) is 45.6 Å². The first-order chi connectivity index (χ1) is 8.36. The molecule has 1 aliphatic carbocycles. The van der Waals surface area contributed by atoms with Crippen molar-refractivity contribution >= 4 is 0 Å². The fraction of sp³-hybridized carbons (Fsp3) is 0.600. The van der Waals surface area contributed by atoms with Gasteiger partial charge < -0.3 is 5.73 Å². The Balaban J connectivity index is 2.50. The highest BCUT2D eigenvalue weighted by atomic mass is 19.1. The van der Waals surface area contributed by atoms with E-state index in [1.54, 1.807) is 6.92 Å². The maximum Gasteiger partial charge on any atom is 0.134 e. The Morgan fingerprint density at radius 2 is 1.94 bits per heavy atom. The molecule has 0 aliphatic heterocycles. The molecule has 0 bridgehead atoms. The number of nitrogens with two attached hydrogens (primary N) is 1. The summed E-state index contributed by atoms with van der Waals surface area (Å²) in [5, 5.41) is 0. The second-order valence-corrected chi connectivity index (χ2v) is 5.87. The van der Waals surface area contributed by atoms with Crippen molar-refractivity contribution in [3.8, 4) is 0 Å². The fourth-order valence-corrected chi connectivity index (χ4v) is 3.12. The largest absolute Gasteiger partial charge is 0.321 e. The van der Waals surface area contributed by atoms with Gasteiger partial charge in [0.25, 0.3) is 0 Å². The van der Waals surface area contributed by atoms with Gasteiger partial charge in [0.15, 0.2) is 0 Å². The first kappa shape index (κ1) is 13.5. The molecule has 1 aliphatic rings. The van der Waals surface area contributed by atoms with E-state index >= 15 is 0 Å². The van der Waals surface area contributed by atoms with Gasteiger partial charge in [0.1, 0.15) is 11.6 Å². The molecule has 1 saturated carbocycles. The summed E-state index contributed by atoms with van der Waals surface area (Å²) >= 11 is 0. The van der Waals surface area contributed by atoms with Gasteiger partial charge in [0.05, 0.1) is 0 Å². The van der Waals surface area contributed by atoms with Crippen molar-refractivity contribution in [1.29, 1.82) is 0 Å². The van der Waals surface area contributed by atoms with Crippen LogP contribution in [0.1, 0.15) is 44.2 Å². The summed E-state index contributed by atoms with van der Waals surface area (Å²) in [6.45, 7) is 5.81. The molecule has 2 rings (SSSR count). The zero-order valence-corrected chi connectivity index (χ0v) is 11.3. The summed E-state index contributed by atoms with van der Waals surface area (Å²) in [5.74, 6) is -0.319. The molecule has 0 spiro atoms. The molecule has 18 heavy (non-hydrogen) atoms. The molecule has 0 aromatic heterocycles. The predicted molar refractivity (Wildman–Crippen MR) is 69.1 cm³/mol. The van der Waals surface area contributed by atoms with Crippen LogP contribution in [0, 0.1) is 30.4 Å². The van der Waals surface area contributed by atoms with E-state index in [1.165, 1.54) is 12.1 Å². The van der Waals surface area contributed by atoms with Crippen LogP contribution in [-0.4, -0.2) is 0 Å². The molecule has 0 amide bonds. The number of hydrogen-bond donors (Lipinski definition) is 1. The molecule has 3 heteroatoms. The lowest BCUT2D eigenvalue weighted by molar-refractivity contribution is 0.155. The number of halogens is 2. The molecule has 0 saturated heterocycles. The van der Waals surface area contributed by atoms with Gasteiger partial charge in [-0.3, -0.25) is 0 Å². The second kappa shape index (κ2) is 4.61. The summed E-state index contributed by atoms with van der Waals surface area (Å²) in [7, 11) is 0. The van der Waals surface area contributed by atoms with E-state index in [2.05, 4.69) is 6.92 Å². The van der Waals surface area contributed by atoms with E-state index in [0.717, 1.165) is 12.8 Å². The minimum Gasteiger partial charge on any atom is -0.321 e. The van der Waals surface area contributed by atoms with Crippen LogP contribution in [0.5, 0.6) is 0 Å². The van der Waals surface area contributed by atoms with Crippen LogP contribution in [0.25, 0.3) is 0 Å². The van der Waals surface area contributed by atoms with Crippen LogP contribution >= 0.6 is 0 Å².